The predicted octanol–water partition coefficient (Wildman–Crippen LogP) is 3.07. The number of likely N-dealkylation sites (tertiary alicyclic amines) is 1. The first-order chi connectivity index (χ1) is 9.65. The Hall–Kier alpha value is -1.55. The molecule has 1 heterocycles. The van der Waals surface area contributed by atoms with Crippen LogP contribution in [0.15, 0.2) is 24.3 Å². The zero-order valence-corrected chi connectivity index (χ0v) is 12.2. The summed E-state index contributed by atoms with van der Waals surface area (Å²) in [5.74, 6) is -0.361. The molecule has 1 saturated heterocycles. The summed E-state index contributed by atoms with van der Waals surface area (Å²) in [6, 6.07) is 6.84. The first-order valence-corrected chi connectivity index (χ1v) is 7.36. The fourth-order valence-electron chi connectivity index (χ4n) is 2.31. The molecular weight excluding hydrogens is 276 g/mol. The maximum absolute atomic E-state index is 12.0. The topological polar surface area (TPSA) is 49.4 Å². The molecule has 5 heteroatoms. The number of halogens is 1. The van der Waals surface area contributed by atoms with Gasteiger partial charge in [0.1, 0.15) is 6.42 Å². The lowest BCUT2D eigenvalue weighted by Gasteiger charge is -2.19. The molecule has 1 N–H and O–H groups in total. The molecule has 4 nitrogen and oxygen atoms in total. The number of amides is 2. The van der Waals surface area contributed by atoms with Gasteiger partial charge in [0, 0.05) is 23.8 Å². The van der Waals surface area contributed by atoms with Crippen molar-refractivity contribution in [3.05, 3.63) is 29.3 Å². The number of hydrogen-bond acceptors (Lipinski definition) is 2. The highest BCUT2D eigenvalue weighted by atomic mass is 35.5. The number of benzene rings is 1. The van der Waals surface area contributed by atoms with E-state index < -0.39 is 0 Å². The first kappa shape index (κ1) is 14.9. The van der Waals surface area contributed by atoms with Crippen molar-refractivity contribution < 1.29 is 9.59 Å². The molecule has 2 amide bonds. The van der Waals surface area contributed by atoms with Crippen LogP contribution in [0.3, 0.4) is 0 Å². The molecule has 2 rings (SSSR count). The molecule has 0 radical (unpaired) electrons. The molecule has 0 aromatic heterocycles. The second-order valence-corrected chi connectivity index (χ2v) is 5.46. The van der Waals surface area contributed by atoms with Crippen molar-refractivity contribution in [2.75, 3.05) is 18.4 Å². The van der Waals surface area contributed by atoms with E-state index >= 15 is 0 Å². The summed E-state index contributed by atoms with van der Waals surface area (Å²) in [5, 5.41) is 3.32. The Balaban J connectivity index is 1.84. The number of nitrogens with zero attached hydrogens (tertiary/aromatic N) is 1. The summed E-state index contributed by atoms with van der Waals surface area (Å²) >= 11 is 5.78. The second kappa shape index (κ2) is 7.29. The van der Waals surface area contributed by atoms with Crippen LogP contribution >= 0.6 is 11.6 Å². The van der Waals surface area contributed by atoms with Crippen molar-refractivity contribution in [3.63, 3.8) is 0 Å². The molecule has 1 aromatic rings. The van der Waals surface area contributed by atoms with Crippen LogP contribution in [-0.4, -0.2) is 29.8 Å². The van der Waals surface area contributed by atoms with Gasteiger partial charge in [0.15, 0.2) is 0 Å². The normalized spacial score (nSPS) is 15.6. The molecule has 0 unspecified atom stereocenters. The summed E-state index contributed by atoms with van der Waals surface area (Å²) in [6.45, 7) is 1.54. The summed E-state index contributed by atoms with van der Waals surface area (Å²) in [5.41, 5.74) is 0.656. The van der Waals surface area contributed by atoms with Crippen LogP contribution in [0.25, 0.3) is 0 Å². The van der Waals surface area contributed by atoms with Gasteiger partial charge in [-0.05, 0) is 37.1 Å². The Labute approximate surface area is 124 Å². The van der Waals surface area contributed by atoms with E-state index in [0.29, 0.717) is 10.7 Å². The fraction of sp³-hybridized carbons (Fsp3) is 0.467. The smallest absolute Gasteiger partial charge is 0.233 e. The highest BCUT2D eigenvalue weighted by Crippen LogP contribution is 2.14. The largest absolute Gasteiger partial charge is 0.342 e. The van der Waals surface area contributed by atoms with Gasteiger partial charge in [0.05, 0.1) is 0 Å². The third kappa shape index (κ3) is 4.53. The van der Waals surface area contributed by atoms with Crippen molar-refractivity contribution in [2.45, 2.75) is 32.1 Å². The van der Waals surface area contributed by atoms with Crippen molar-refractivity contribution in [1.82, 2.24) is 4.90 Å². The second-order valence-electron chi connectivity index (χ2n) is 5.03. The van der Waals surface area contributed by atoms with E-state index in [1.165, 1.54) is 12.8 Å². The maximum Gasteiger partial charge on any atom is 0.233 e. The lowest BCUT2D eigenvalue weighted by Crippen LogP contribution is -2.34. The van der Waals surface area contributed by atoms with Gasteiger partial charge in [-0.2, -0.15) is 0 Å². The van der Waals surface area contributed by atoms with Crippen molar-refractivity contribution >= 4 is 29.1 Å². The molecule has 1 fully saturated rings. The van der Waals surface area contributed by atoms with E-state index in [4.69, 9.17) is 11.6 Å². The van der Waals surface area contributed by atoms with Gasteiger partial charge in [0.2, 0.25) is 11.8 Å². The minimum atomic E-state index is -0.276. The van der Waals surface area contributed by atoms with Gasteiger partial charge < -0.3 is 10.2 Å². The van der Waals surface area contributed by atoms with Crippen LogP contribution in [0.4, 0.5) is 5.69 Å². The average Bonchev–Trinajstić information content (AvgIpc) is 2.70. The number of rotatable bonds is 3. The van der Waals surface area contributed by atoms with Crippen LogP contribution < -0.4 is 5.32 Å². The summed E-state index contributed by atoms with van der Waals surface area (Å²) in [4.78, 5) is 25.7. The van der Waals surface area contributed by atoms with E-state index in [2.05, 4.69) is 5.32 Å². The summed E-state index contributed by atoms with van der Waals surface area (Å²) in [6.07, 6.45) is 4.30. The van der Waals surface area contributed by atoms with Crippen LogP contribution in [0.1, 0.15) is 32.1 Å². The highest BCUT2D eigenvalue weighted by Gasteiger charge is 2.18. The van der Waals surface area contributed by atoms with E-state index in [0.717, 1.165) is 25.9 Å². The lowest BCUT2D eigenvalue weighted by atomic mass is 10.2. The van der Waals surface area contributed by atoms with Gasteiger partial charge in [0.25, 0.3) is 0 Å². The standard InChI is InChI=1S/C15H19ClN2O2/c16-12-5-7-13(8-6-12)17-14(19)11-15(20)18-9-3-1-2-4-10-18/h5-8H,1-4,9-11H2,(H,17,19). The monoisotopic (exact) mass is 294 g/mol. The molecule has 1 aromatic carbocycles. The van der Waals surface area contributed by atoms with E-state index in [-0.39, 0.29) is 18.2 Å². The van der Waals surface area contributed by atoms with E-state index in [1.807, 2.05) is 0 Å². The molecule has 1 aliphatic heterocycles. The third-order valence-corrected chi connectivity index (χ3v) is 3.65. The summed E-state index contributed by atoms with van der Waals surface area (Å²) in [7, 11) is 0. The molecule has 0 aliphatic carbocycles. The van der Waals surface area contributed by atoms with Crippen LogP contribution in [0.5, 0.6) is 0 Å². The predicted molar refractivity (Wildman–Crippen MR) is 79.7 cm³/mol. The Morgan fingerprint density at radius 2 is 1.65 bits per heavy atom. The third-order valence-electron chi connectivity index (χ3n) is 3.40. The van der Waals surface area contributed by atoms with Gasteiger partial charge in [-0.15, -0.1) is 0 Å². The molecule has 0 atom stereocenters. The summed E-state index contributed by atoms with van der Waals surface area (Å²) < 4.78 is 0. The quantitative estimate of drug-likeness (QED) is 0.871. The van der Waals surface area contributed by atoms with Crippen molar-refractivity contribution in [2.24, 2.45) is 0 Å². The minimum Gasteiger partial charge on any atom is -0.342 e. The van der Waals surface area contributed by atoms with Crippen molar-refractivity contribution in [1.29, 1.82) is 0 Å². The highest BCUT2D eigenvalue weighted by molar-refractivity contribution is 6.30. The maximum atomic E-state index is 12.0. The van der Waals surface area contributed by atoms with Gasteiger partial charge in [-0.3, -0.25) is 9.59 Å². The van der Waals surface area contributed by atoms with Crippen LogP contribution in [-0.2, 0) is 9.59 Å². The van der Waals surface area contributed by atoms with Gasteiger partial charge >= 0.3 is 0 Å². The Kier molecular flexibility index (Phi) is 5.41. The molecule has 108 valence electrons. The number of carbonyl (C=O) groups is 2. The number of hydrogen-bond donors (Lipinski definition) is 1. The van der Waals surface area contributed by atoms with Crippen molar-refractivity contribution in [3.8, 4) is 0 Å². The first-order valence-electron chi connectivity index (χ1n) is 6.98. The number of carbonyl (C=O) groups excluding carboxylic acids is 2. The molecule has 20 heavy (non-hydrogen) atoms. The Bertz CT molecular complexity index is 465. The van der Waals surface area contributed by atoms with Gasteiger partial charge in [-0.1, -0.05) is 24.4 Å². The SMILES string of the molecule is O=C(CC(=O)N1CCCCCC1)Nc1ccc(Cl)cc1. The minimum absolute atomic E-state index is 0.0848. The fourth-order valence-corrected chi connectivity index (χ4v) is 2.43. The molecule has 0 bridgehead atoms. The Morgan fingerprint density at radius 3 is 2.25 bits per heavy atom. The van der Waals surface area contributed by atoms with E-state index in [1.54, 1.807) is 29.2 Å². The number of anilines is 1. The molecule has 0 spiro atoms. The number of nitrogens with one attached hydrogen (secondary N) is 1. The van der Waals surface area contributed by atoms with Gasteiger partial charge in [-0.25, -0.2) is 0 Å². The lowest BCUT2D eigenvalue weighted by molar-refractivity contribution is -0.134. The molecular formula is C15H19ClN2O2. The molecule has 0 saturated carbocycles. The zero-order valence-electron chi connectivity index (χ0n) is 11.4. The van der Waals surface area contributed by atoms with E-state index in [9.17, 15) is 9.59 Å². The molecule has 1 aliphatic rings. The van der Waals surface area contributed by atoms with Crippen LogP contribution in [0.2, 0.25) is 5.02 Å². The van der Waals surface area contributed by atoms with Crippen LogP contribution in [0, 0.1) is 0 Å². The Morgan fingerprint density at radius 1 is 1.05 bits per heavy atom. The zero-order chi connectivity index (χ0) is 14.4. The average molecular weight is 295 g/mol.